The fourth-order valence-corrected chi connectivity index (χ4v) is 6.09. The number of hydrogen-bond acceptors (Lipinski definition) is 5. The second-order valence-corrected chi connectivity index (χ2v) is 13.0. The number of amides is 2. The molecule has 0 aromatic heterocycles. The number of hydrogen-bond donors (Lipinski definition) is 1. The second kappa shape index (κ2) is 15.4. The molecule has 0 aliphatic heterocycles. The SMILES string of the molecule is CCOc1ccc(N(CC(=O)N(Cc2ccc(Cl)cc2)[C@@H](CC)C(=O)N[C@H](C)CC)S(=O)(=O)c2ccc(Br)cc2)cc1. The summed E-state index contributed by atoms with van der Waals surface area (Å²) in [4.78, 5) is 29.0. The van der Waals surface area contributed by atoms with E-state index in [4.69, 9.17) is 16.3 Å². The van der Waals surface area contributed by atoms with Crippen LogP contribution >= 0.6 is 27.5 Å². The summed E-state index contributed by atoms with van der Waals surface area (Å²) in [5, 5.41) is 3.51. The van der Waals surface area contributed by atoms with Gasteiger partial charge in [-0.25, -0.2) is 8.42 Å². The number of nitrogens with one attached hydrogen (secondary N) is 1. The van der Waals surface area contributed by atoms with Crippen LogP contribution in [0, 0.1) is 0 Å². The lowest BCUT2D eigenvalue weighted by Crippen LogP contribution is -2.53. The maximum Gasteiger partial charge on any atom is 0.264 e. The smallest absolute Gasteiger partial charge is 0.264 e. The first-order valence-electron chi connectivity index (χ1n) is 13.9. The Bertz CT molecular complexity index is 1430. The molecule has 0 spiro atoms. The summed E-state index contributed by atoms with van der Waals surface area (Å²) < 4.78 is 35.3. The van der Waals surface area contributed by atoms with Gasteiger partial charge in [0.2, 0.25) is 11.8 Å². The van der Waals surface area contributed by atoms with Gasteiger partial charge in [-0.3, -0.25) is 13.9 Å². The maximum atomic E-state index is 14.1. The Morgan fingerprint density at radius 3 is 2.10 bits per heavy atom. The average molecular weight is 679 g/mol. The summed E-state index contributed by atoms with van der Waals surface area (Å²) in [7, 11) is -4.17. The number of nitrogens with zero attached hydrogens (tertiary/aromatic N) is 2. The van der Waals surface area contributed by atoms with E-state index in [-0.39, 0.29) is 23.4 Å². The number of sulfonamides is 1. The first kappa shape index (κ1) is 33.4. The average Bonchev–Trinajstić information content (AvgIpc) is 2.97. The second-order valence-electron chi connectivity index (χ2n) is 9.78. The van der Waals surface area contributed by atoms with Gasteiger partial charge in [-0.1, -0.05) is 53.5 Å². The summed E-state index contributed by atoms with van der Waals surface area (Å²) in [6.45, 7) is 7.57. The van der Waals surface area contributed by atoms with Crippen molar-refractivity contribution >= 4 is 55.1 Å². The Hall–Kier alpha value is -3.08. The Morgan fingerprint density at radius 2 is 1.55 bits per heavy atom. The van der Waals surface area contributed by atoms with Crippen LogP contribution in [0.25, 0.3) is 0 Å². The van der Waals surface area contributed by atoms with Gasteiger partial charge in [-0.05, 0) is 92.9 Å². The fraction of sp³-hybridized carbons (Fsp3) is 0.355. The zero-order valence-electron chi connectivity index (χ0n) is 24.2. The quantitative estimate of drug-likeness (QED) is 0.212. The molecule has 2 atom stereocenters. The van der Waals surface area contributed by atoms with Gasteiger partial charge < -0.3 is 15.0 Å². The van der Waals surface area contributed by atoms with E-state index in [0.717, 1.165) is 20.8 Å². The van der Waals surface area contributed by atoms with Crippen LogP contribution in [0.4, 0.5) is 5.69 Å². The zero-order valence-corrected chi connectivity index (χ0v) is 27.4. The first-order chi connectivity index (χ1) is 20.0. The zero-order chi connectivity index (χ0) is 30.9. The number of carbonyl (C=O) groups is 2. The third-order valence-electron chi connectivity index (χ3n) is 6.77. The minimum atomic E-state index is -4.17. The molecule has 0 unspecified atom stereocenters. The van der Waals surface area contributed by atoms with Crippen molar-refractivity contribution in [2.45, 2.75) is 64.1 Å². The van der Waals surface area contributed by atoms with Gasteiger partial charge in [0.1, 0.15) is 18.3 Å². The highest BCUT2D eigenvalue weighted by molar-refractivity contribution is 9.10. The van der Waals surface area contributed by atoms with Crippen molar-refractivity contribution in [3.8, 4) is 5.75 Å². The van der Waals surface area contributed by atoms with Gasteiger partial charge in [-0.15, -0.1) is 0 Å². The Kier molecular flexibility index (Phi) is 12.3. The number of benzene rings is 3. The molecule has 3 rings (SSSR count). The Morgan fingerprint density at radius 1 is 0.929 bits per heavy atom. The predicted octanol–water partition coefficient (Wildman–Crippen LogP) is 6.42. The van der Waals surface area contributed by atoms with Crippen LogP contribution in [0.15, 0.2) is 82.2 Å². The third-order valence-corrected chi connectivity index (χ3v) is 9.34. The lowest BCUT2D eigenvalue weighted by Gasteiger charge is -2.33. The van der Waals surface area contributed by atoms with Crippen molar-refractivity contribution in [3.05, 3.63) is 87.9 Å². The minimum Gasteiger partial charge on any atom is -0.494 e. The predicted molar refractivity (Wildman–Crippen MR) is 170 cm³/mol. The molecule has 3 aromatic rings. The monoisotopic (exact) mass is 677 g/mol. The van der Waals surface area contributed by atoms with E-state index in [1.165, 1.54) is 17.0 Å². The number of halogens is 2. The van der Waals surface area contributed by atoms with Crippen molar-refractivity contribution in [2.24, 2.45) is 0 Å². The number of ether oxygens (including phenoxy) is 1. The third kappa shape index (κ3) is 8.72. The van der Waals surface area contributed by atoms with E-state index >= 15 is 0 Å². The standard InChI is InChI=1S/C31H37BrClN3O5S/c1-5-22(4)34-31(38)29(6-2)35(20-23-8-12-25(33)13-9-23)30(37)21-36(26-14-16-27(17-15-26)41-7-3)42(39,40)28-18-10-24(32)11-19-28/h8-19,22,29H,5-7,20-21H2,1-4H3,(H,34,38)/t22-,29+/m1/s1. The molecule has 0 aliphatic rings. The van der Waals surface area contributed by atoms with Crippen molar-refractivity contribution in [3.63, 3.8) is 0 Å². The topological polar surface area (TPSA) is 96.0 Å². The lowest BCUT2D eigenvalue weighted by atomic mass is 10.1. The normalized spacial score (nSPS) is 12.7. The maximum absolute atomic E-state index is 14.1. The van der Waals surface area contributed by atoms with Crippen molar-refractivity contribution in [2.75, 3.05) is 17.5 Å². The van der Waals surface area contributed by atoms with Gasteiger partial charge in [0.05, 0.1) is 17.2 Å². The molecule has 226 valence electrons. The van der Waals surface area contributed by atoms with Crippen molar-refractivity contribution in [1.82, 2.24) is 10.2 Å². The molecule has 1 N–H and O–H groups in total. The fourth-order valence-electron chi connectivity index (χ4n) is 4.28. The molecule has 0 radical (unpaired) electrons. The minimum absolute atomic E-state index is 0.0261. The highest BCUT2D eigenvalue weighted by Gasteiger charge is 2.34. The van der Waals surface area contributed by atoms with E-state index in [1.54, 1.807) is 60.7 Å². The number of rotatable bonds is 14. The lowest BCUT2D eigenvalue weighted by molar-refractivity contribution is -0.140. The molecule has 8 nitrogen and oxygen atoms in total. The highest BCUT2D eigenvalue weighted by Crippen LogP contribution is 2.28. The van der Waals surface area contributed by atoms with Crippen LogP contribution in [-0.4, -0.2) is 50.4 Å². The van der Waals surface area contributed by atoms with Crippen molar-refractivity contribution < 1.29 is 22.7 Å². The molecule has 0 saturated carbocycles. The molecule has 0 saturated heterocycles. The summed E-state index contributed by atoms with van der Waals surface area (Å²) in [6.07, 6.45) is 1.06. The summed E-state index contributed by atoms with van der Waals surface area (Å²) in [5.74, 6) is -0.242. The molecular formula is C31H37BrClN3O5S. The molecule has 2 amide bonds. The molecule has 0 bridgehead atoms. The van der Waals surface area contributed by atoms with E-state index in [1.807, 2.05) is 27.7 Å². The van der Waals surface area contributed by atoms with Gasteiger partial charge in [0.15, 0.2) is 0 Å². The molecular weight excluding hydrogens is 642 g/mol. The number of anilines is 1. The largest absolute Gasteiger partial charge is 0.494 e. The van der Waals surface area contributed by atoms with Crippen LogP contribution in [-0.2, 0) is 26.2 Å². The Balaban J connectivity index is 2.05. The van der Waals surface area contributed by atoms with Crippen LogP contribution in [0.3, 0.4) is 0 Å². The van der Waals surface area contributed by atoms with E-state index in [2.05, 4.69) is 21.2 Å². The summed E-state index contributed by atoms with van der Waals surface area (Å²) in [5.41, 5.74) is 1.05. The van der Waals surface area contributed by atoms with Crippen LogP contribution in [0.5, 0.6) is 5.75 Å². The molecule has 0 aliphatic carbocycles. The van der Waals surface area contributed by atoms with Crippen molar-refractivity contribution in [1.29, 1.82) is 0 Å². The van der Waals surface area contributed by atoms with E-state index in [9.17, 15) is 18.0 Å². The first-order valence-corrected chi connectivity index (χ1v) is 16.5. The van der Waals surface area contributed by atoms with Crippen LogP contribution < -0.4 is 14.4 Å². The summed E-state index contributed by atoms with van der Waals surface area (Å²) >= 11 is 9.42. The molecule has 3 aromatic carbocycles. The van der Waals surface area contributed by atoms with Gasteiger partial charge in [-0.2, -0.15) is 0 Å². The Labute approximate surface area is 262 Å². The molecule has 0 fully saturated rings. The van der Waals surface area contributed by atoms with Gasteiger partial charge >= 0.3 is 0 Å². The molecule has 0 heterocycles. The molecule has 11 heteroatoms. The highest BCUT2D eigenvalue weighted by atomic mass is 79.9. The van der Waals surface area contributed by atoms with E-state index < -0.39 is 28.5 Å². The number of carbonyl (C=O) groups excluding carboxylic acids is 2. The van der Waals surface area contributed by atoms with Gasteiger partial charge in [0.25, 0.3) is 10.0 Å². The van der Waals surface area contributed by atoms with Crippen LogP contribution in [0.2, 0.25) is 5.02 Å². The van der Waals surface area contributed by atoms with E-state index in [0.29, 0.717) is 29.5 Å². The van der Waals surface area contributed by atoms with Gasteiger partial charge in [0, 0.05) is 22.1 Å². The van der Waals surface area contributed by atoms with Crippen LogP contribution in [0.1, 0.15) is 46.1 Å². The molecule has 42 heavy (non-hydrogen) atoms. The summed E-state index contributed by atoms with van der Waals surface area (Å²) in [6, 6.07) is 18.8.